The van der Waals surface area contributed by atoms with Crippen LogP contribution < -0.4 is 5.73 Å². The van der Waals surface area contributed by atoms with Crippen molar-refractivity contribution >= 4 is 0 Å². The minimum Gasteiger partial charge on any atom is -0.329 e. The third-order valence-corrected chi connectivity index (χ3v) is 3.90. The van der Waals surface area contributed by atoms with Crippen LogP contribution in [-0.2, 0) is 5.41 Å². The fraction of sp³-hybridized carbons (Fsp3) is 0.643. The van der Waals surface area contributed by atoms with Crippen LogP contribution in [0.1, 0.15) is 12.6 Å². The van der Waals surface area contributed by atoms with E-state index in [1.54, 1.807) is 0 Å². The molecule has 0 bridgehead atoms. The first kappa shape index (κ1) is 13.5. The number of rotatable bonds is 4. The van der Waals surface area contributed by atoms with Gasteiger partial charge in [-0.05, 0) is 19.2 Å². The Morgan fingerprint density at radius 2 is 2.00 bits per heavy atom. The molecular formula is C14H24N4. The Hall–Kier alpha value is -0.970. The molecule has 0 spiro atoms. The van der Waals surface area contributed by atoms with Gasteiger partial charge in [-0.25, -0.2) is 0 Å². The molecule has 2 heterocycles. The zero-order valence-corrected chi connectivity index (χ0v) is 11.5. The quantitative estimate of drug-likeness (QED) is 0.845. The zero-order chi connectivity index (χ0) is 13.0. The van der Waals surface area contributed by atoms with E-state index in [0.717, 1.165) is 38.4 Å². The second-order valence-corrected chi connectivity index (χ2v) is 5.56. The van der Waals surface area contributed by atoms with Crippen molar-refractivity contribution in [3.63, 3.8) is 0 Å². The fourth-order valence-corrected chi connectivity index (χ4v) is 2.47. The summed E-state index contributed by atoms with van der Waals surface area (Å²) in [4.78, 5) is 9.36. The Morgan fingerprint density at radius 1 is 1.28 bits per heavy atom. The van der Waals surface area contributed by atoms with Gasteiger partial charge < -0.3 is 10.6 Å². The Bertz CT molecular complexity index is 359. The molecule has 1 aliphatic rings. The standard InChI is InChI=1S/C14H24N4/c1-14(11-15,13-5-3-4-6-16-13)12-18-9-7-17(2)8-10-18/h3-6H,7-12,15H2,1-2H3. The van der Waals surface area contributed by atoms with Crippen molar-refractivity contribution in [2.45, 2.75) is 12.3 Å². The van der Waals surface area contributed by atoms with Crippen LogP contribution in [0.3, 0.4) is 0 Å². The summed E-state index contributed by atoms with van der Waals surface area (Å²) in [6.07, 6.45) is 1.85. The molecule has 100 valence electrons. The van der Waals surface area contributed by atoms with E-state index in [1.807, 2.05) is 18.3 Å². The molecular weight excluding hydrogens is 224 g/mol. The third kappa shape index (κ3) is 3.07. The Morgan fingerprint density at radius 3 is 2.56 bits per heavy atom. The molecule has 1 aliphatic heterocycles. The first-order chi connectivity index (χ1) is 8.64. The average Bonchev–Trinajstić information content (AvgIpc) is 2.42. The normalized spacial score (nSPS) is 21.7. The highest BCUT2D eigenvalue weighted by molar-refractivity contribution is 5.17. The lowest BCUT2D eigenvalue weighted by atomic mass is 9.85. The molecule has 2 rings (SSSR count). The topological polar surface area (TPSA) is 45.4 Å². The van der Waals surface area contributed by atoms with Gasteiger partial charge in [0.1, 0.15) is 0 Å². The van der Waals surface area contributed by atoms with Gasteiger partial charge in [-0.1, -0.05) is 13.0 Å². The summed E-state index contributed by atoms with van der Waals surface area (Å²) in [6, 6.07) is 6.08. The SMILES string of the molecule is CN1CCN(CC(C)(CN)c2ccccn2)CC1. The van der Waals surface area contributed by atoms with E-state index in [1.165, 1.54) is 0 Å². The van der Waals surface area contributed by atoms with E-state index in [2.05, 4.69) is 34.8 Å². The number of pyridine rings is 1. The van der Waals surface area contributed by atoms with Crippen LogP contribution >= 0.6 is 0 Å². The molecule has 0 saturated carbocycles. The van der Waals surface area contributed by atoms with Gasteiger partial charge in [0.05, 0.1) is 0 Å². The Balaban J connectivity index is 2.04. The van der Waals surface area contributed by atoms with E-state index in [9.17, 15) is 0 Å². The van der Waals surface area contributed by atoms with Crippen molar-refractivity contribution in [1.29, 1.82) is 0 Å². The summed E-state index contributed by atoms with van der Waals surface area (Å²) >= 11 is 0. The second kappa shape index (κ2) is 5.78. The Kier molecular flexibility index (Phi) is 4.32. The van der Waals surface area contributed by atoms with Crippen LogP contribution in [0.2, 0.25) is 0 Å². The van der Waals surface area contributed by atoms with Crippen LogP contribution in [0.25, 0.3) is 0 Å². The molecule has 2 N–H and O–H groups in total. The maximum atomic E-state index is 6.01. The average molecular weight is 248 g/mol. The molecule has 1 fully saturated rings. The van der Waals surface area contributed by atoms with Gasteiger partial charge in [0.2, 0.25) is 0 Å². The van der Waals surface area contributed by atoms with Gasteiger partial charge in [0.15, 0.2) is 0 Å². The lowest BCUT2D eigenvalue weighted by Crippen LogP contribution is -2.51. The monoisotopic (exact) mass is 248 g/mol. The maximum Gasteiger partial charge on any atom is 0.0488 e. The first-order valence-corrected chi connectivity index (χ1v) is 6.66. The fourth-order valence-electron chi connectivity index (χ4n) is 2.47. The van der Waals surface area contributed by atoms with Gasteiger partial charge in [-0.2, -0.15) is 0 Å². The van der Waals surface area contributed by atoms with Gasteiger partial charge in [-0.15, -0.1) is 0 Å². The summed E-state index contributed by atoms with van der Waals surface area (Å²) in [5.41, 5.74) is 7.07. The molecule has 1 atom stereocenters. The molecule has 1 saturated heterocycles. The van der Waals surface area contributed by atoms with E-state index < -0.39 is 0 Å². The van der Waals surface area contributed by atoms with Crippen LogP contribution in [0, 0.1) is 0 Å². The summed E-state index contributed by atoms with van der Waals surface area (Å²) in [6.45, 7) is 8.38. The van der Waals surface area contributed by atoms with Gasteiger partial charge >= 0.3 is 0 Å². The van der Waals surface area contributed by atoms with Crippen molar-refractivity contribution in [2.75, 3.05) is 46.3 Å². The van der Waals surface area contributed by atoms with Crippen molar-refractivity contribution in [3.8, 4) is 0 Å². The maximum absolute atomic E-state index is 6.01. The number of likely N-dealkylation sites (N-methyl/N-ethyl adjacent to an activating group) is 1. The van der Waals surface area contributed by atoms with Gasteiger partial charge in [-0.3, -0.25) is 9.88 Å². The van der Waals surface area contributed by atoms with Crippen LogP contribution in [0.15, 0.2) is 24.4 Å². The number of aromatic nitrogens is 1. The number of hydrogen-bond donors (Lipinski definition) is 1. The number of nitrogens with zero attached hydrogens (tertiary/aromatic N) is 3. The predicted octanol–water partition coefficient (Wildman–Crippen LogP) is 0.545. The summed E-state index contributed by atoms with van der Waals surface area (Å²) in [5.74, 6) is 0. The second-order valence-electron chi connectivity index (χ2n) is 5.56. The summed E-state index contributed by atoms with van der Waals surface area (Å²) in [5, 5.41) is 0. The molecule has 4 nitrogen and oxygen atoms in total. The molecule has 0 amide bonds. The van der Waals surface area contributed by atoms with Crippen LogP contribution in [-0.4, -0.2) is 61.1 Å². The van der Waals surface area contributed by atoms with Crippen molar-refractivity contribution in [1.82, 2.24) is 14.8 Å². The number of nitrogens with two attached hydrogens (primary N) is 1. The molecule has 0 radical (unpaired) electrons. The number of piperazine rings is 1. The van der Waals surface area contributed by atoms with Crippen molar-refractivity contribution in [3.05, 3.63) is 30.1 Å². The highest BCUT2D eigenvalue weighted by atomic mass is 15.2. The molecule has 0 aliphatic carbocycles. The third-order valence-electron chi connectivity index (χ3n) is 3.90. The number of hydrogen-bond acceptors (Lipinski definition) is 4. The van der Waals surface area contributed by atoms with E-state index >= 15 is 0 Å². The molecule has 1 aromatic rings. The van der Waals surface area contributed by atoms with Crippen molar-refractivity contribution < 1.29 is 0 Å². The van der Waals surface area contributed by atoms with Crippen LogP contribution in [0.4, 0.5) is 0 Å². The first-order valence-electron chi connectivity index (χ1n) is 6.66. The predicted molar refractivity (Wildman–Crippen MR) is 74.6 cm³/mol. The van der Waals surface area contributed by atoms with Gasteiger partial charge in [0.25, 0.3) is 0 Å². The Labute approximate surface area is 110 Å². The molecule has 1 aromatic heterocycles. The lowest BCUT2D eigenvalue weighted by Gasteiger charge is -2.38. The van der Waals surface area contributed by atoms with E-state index in [4.69, 9.17) is 5.73 Å². The van der Waals surface area contributed by atoms with Crippen LogP contribution in [0.5, 0.6) is 0 Å². The molecule has 18 heavy (non-hydrogen) atoms. The minimum absolute atomic E-state index is 0.0445. The highest BCUT2D eigenvalue weighted by Crippen LogP contribution is 2.22. The molecule has 4 heteroatoms. The zero-order valence-electron chi connectivity index (χ0n) is 11.5. The minimum atomic E-state index is -0.0445. The van der Waals surface area contributed by atoms with E-state index in [0.29, 0.717) is 6.54 Å². The smallest absolute Gasteiger partial charge is 0.0488 e. The molecule has 1 unspecified atom stereocenters. The molecule has 0 aromatic carbocycles. The highest BCUT2D eigenvalue weighted by Gasteiger charge is 2.30. The van der Waals surface area contributed by atoms with E-state index in [-0.39, 0.29) is 5.41 Å². The lowest BCUT2D eigenvalue weighted by molar-refractivity contribution is 0.129. The summed E-state index contributed by atoms with van der Waals surface area (Å²) in [7, 11) is 2.18. The largest absolute Gasteiger partial charge is 0.329 e. The van der Waals surface area contributed by atoms with Crippen molar-refractivity contribution in [2.24, 2.45) is 5.73 Å². The summed E-state index contributed by atoms with van der Waals surface area (Å²) < 4.78 is 0. The van der Waals surface area contributed by atoms with Gasteiger partial charge in [0, 0.05) is 56.6 Å².